The van der Waals surface area contributed by atoms with Gasteiger partial charge in [0.2, 0.25) is 11.8 Å². The number of carbonyl (C=O) groups is 2. The molecule has 29 heavy (non-hydrogen) atoms. The Morgan fingerprint density at radius 2 is 1.55 bits per heavy atom. The van der Waals surface area contributed by atoms with Gasteiger partial charge in [0, 0.05) is 23.7 Å². The van der Waals surface area contributed by atoms with Crippen molar-refractivity contribution < 1.29 is 9.59 Å². The molecule has 1 fully saturated rings. The Morgan fingerprint density at radius 1 is 0.931 bits per heavy atom. The molecular weight excluding hydrogens is 362 g/mol. The molecule has 1 aliphatic carbocycles. The normalized spacial score (nSPS) is 19.4. The van der Waals surface area contributed by atoms with Gasteiger partial charge in [-0.3, -0.25) is 14.6 Å². The van der Waals surface area contributed by atoms with E-state index >= 15 is 0 Å². The smallest absolute Gasteiger partial charge is 0.227 e. The number of hydrogen-bond donors (Lipinski definition) is 2. The van der Waals surface area contributed by atoms with Gasteiger partial charge in [0.15, 0.2) is 0 Å². The summed E-state index contributed by atoms with van der Waals surface area (Å²) in [5.74, 6) is 0.0686. The van der Waals surface area contributed by atoms with E-state index in [9.17, 15) is 9.59 Å². The number of rotatable bonds is 5. The van der Waals surface area contributed by atoms with Gasteiger partial charge < -0.3 is 10.6 Å². The largest absolute Gasteiger partial charge is 0.350 e. The molecule has 0 atom stereocenters. The first-order valence-electron chi connectivity index (χ1n) is 10.4. The lowest BCUT2D eigenvalue weighted by Crippen LogP contribution is -2.35. The molecule has 0 saturated heterocycles. The highest BCUT2D eigenvalue weighted by molar-refractivity contribution is 5.92. The fraction of sp³-hybridized carbons (Fsp3) is 0.458. The molecular formula is C24H31N3O2. The van der Waals surface area contributed by atoms with E-state index in [2.05, 4.69) is 48.5 Å². The minimum absolute atomic E-state index is 0.0196. The number of nitrogens with zero attached hydrogens (tertiary/aromatic N) is 1. The monoisotopic (exact) mass is 393 g/mol. The van der Waals surface area contributed by atoms with Crippen molar-refractivity contribution in [3.05, 3.63) is 59.9 Å². The molecule has 2 N–H and O–H groups in total. The zero-order chi connectivity index (χ0) is 20.9. The SMILES string of the molecule is CC(C)(C)c1ccc(NC(=O)C2CCC(C(=O)NCc3ccccn3)CC2)cc1. The molecule has 0 radical (unpaired) electrons. The summed E-state index contributed by atoms with van der Waals surface area (Å²) < 4.78 is 0. The molecule has 0 unspecified atom stereocenters. The molecule has 2 amide bonds. The van der Waals surface area contributed by atoms with Crippen molar-refractivity contribution >= 4 is 17.5 Å². The molecule has 1 saturated carbocycles. The third-order valence-electron chi connectivity index (χ3n) is 5.66. The Hall–Kier alpha value is -2.69. The molecule has 0 bridgehead atoms. The number of benzene rings is 1. The van der Waals surface area contributed by atoms with Crippen molar-refractivity contribution in [2.75, 3.05) is 5.32 Å². The maximum absolute atomic E-state index is 12.6. The number of pyridine rings is 1. The van der Waals surface area contributed by atoms with Gasteiger partial charge in [-0.25, -0.2) is 0 Å². The van der Waals surface area contributed by atoms with Crippen LogP contribution in [0.4, 0.5) is 5.69 Å². The van der Waals surface area contributed by atoms with Crippen LogP contribution >= 0.6 is 0 Å². The van der Waals surface area contributed by atoms with E-state index in [1.165, 1.54) is 5.56 Å². The molecule has 1 aliphatic rings. The first-order valence-corrected chi connectivity index (χ1v) is 10.4. The number of carbonyl (C=O) groups excluding carboxylic acids is 2. The van der Waals surface area contributed by atoms with Crippen molar-refractivity contribution in [3.8, 4) is 0 Å². The van der Waals surface area contributed by atoms with Crippen molar-refractivity contribution in [3.63, 3.8) is 0 Å². The second-order valence-electron chi connectivity index (χ2n) is 8.90. The second-order valence-corrected chi connectivity index (χ2v) is 8.90. The molecule has 0 aliphatic heterocycles. The summed E-state index contributed by atoms with van der Waals surface area (Å²) in [6.07, 6.45) is 4.70. The number of anilines is 1. The van der Waals surface area contributed by atoms with Crippen molar-refractivity contribution in [1.82, 2.24) is 10.3 Å². The molecule has 1 aromatic heterocycles. The zero-order valence-corrected chi connectivity index (χ0v) is 17.6. The van der Waals surface area contributed by atoms with Crippen LogP contribution in [0.2, 0.25) is 0 Å². The van der Waals surface area contributed by atoms with Crippen LogP contribution in [0, 0.1) is 11.8 Å². The lowest BCUT2D eigenvalue weighted by molar-refractivity contribution is -0.128. The van der Waals surface area contributed by atoms with Crippen LogP contribution in [0.1, 0.15) is 57.7 Å². The van der Waals surface area contributed by atoms with Gasteiger partial charge in [-0.1, -0.05) is 39.0 Å². The minimum Gasteiger partial charge on any atom is -0.350 e. The van der Waals surface area contributed by atoms with Crippen LogP contribution in [-0.2, 0) is 21.5 Å². The van der Waals surface area contributed by atoms with E-state index in [1.807, 2.05) is 30.3 Å². The third kappa shape index (κ3) is 5.89. The van der Waals surface area contributed by atoms with Gasteiger partial charge in [0.25, 0.3) is 0 Å². The lowest BCUT2D eigenvalue weighted by Gasteiger charge is -2.27. The highest BCUT2D eigenvalue weighted by Gasteiger charge is 2.30. The van der Waals surface area contributed by atoms with E-state index in [0.717, 1.165) is 37.1 Å². The van der Waals surface area contributed by atoms with Crippen LogP contribution in [0.25, 0.3) is 0 Å². The fourth-order valence-corrected chi connectivity index (χ4v) is 3.74. The van der Waals surface area contributed by atoms with Gasteiger partial charge in [-0.15, -0.1) is 0 Å². The lowest BCUT2D eigenvalue weighted by atomic mass is 9.81. The number of aromatic nitrogens is 1. The van der Waals surface area contributed by atoms with Gasteiger partial charge in [0.1, 0.15) is 0 Å². The highest BCUT2D eigenvalue weighted by atomic mass is 16.2. The Kier molecular flexibility index (Phi) is 6.68. The molecule has 2 aromatic rings. The number of nitrogens with one attached hydrogen (secondary N) is 2. The Bertz CT molecular complexity index is 817. The molecule has 1 aromatic carbocycles. The maximum atomic E-state index is 12.6. The maximum Gasteiger partial charge on any atom is 0.227 e. The first kappa shape index (κ1) is 21.0. The second kappa shape index (κ2) is 9.21. The van der Waals surface area contributed by atoms with Crippen LogP contribution in [-0.4, -0.2) is 16.8 Å². The summed E-state index contributed by atoms with van der Waals surface area (Å²) in [5.41, 5.74) is 3.02. The summed E-state index contributed by atoms with van der Waals surface area (Å²) in [5, 5.41) is 6.00. The van der Waals surface area contributed by atoms with E-state index in [4.69, 9.17) is 0 Å². The number of hydrogen-bond acceptors (Lipinski definition) is 3. The summed E-state index contributed by atoms with van der Waals surface area (Å²) in [7, 11) is 0. The van der Waals surface area contributed by atoms with Crippen molar-refractivity contribution in [2.45, 2.75) is 58.4 Å². The molecule has 1 heterocycles. The average molecular weight is 394 g/mol. The summed E-state index contributed by atoms with van der Waals surface area (Å²) in [6, 6.07) is 13.7. The molecule has 3 rings (SSSR count). The molecule has 154 valence electrons. The summed E-state index contributed by atoms with van der Waals surface area (Å²) in [4.78, 5) is 29.3. The minimum atomic E-state index is -0.0304. The topological polar surface area (TPSA) is 71.1 Å². The van der Waals surface area contributed by atoms with Crippen LogP contribution in [0.5, 0.6) is 0 Å². The van der Waals surface area contributed by atoms with Crippen molar-refractivity contribution in [1.29, 1.82) is 0 Å². The highest BCUT2D eigenvalue weighted by Crippen LogP contribution is 2.30. The zero-order valence-electron chi connectivity index (χ0n) is 17.6. The summed E-state index contributed by atoms with van der Waals surface area (Å²) in [6.45, 7) is 6.97. The van der Waals surface area contributed by atoms with Crippen LogP contribution < -0.4 is 10.6 Å². The first-order chi connectivity index (χ1) is 13.8. The predicted molar refractivity (Wildman–Crippen MR) is 115 cm³/mol. The van der Waals surface area contributed by atoms with Crippen molar-refractivity contribution in [2.24, 2.45) is 11.8 Å². The fourth-order valence-electron chi connectivity index (χ4n) is 3.74. The van der Waals surface area contributed by atoms with E-state index in [-0.39, 0.29) is 29.1 Å². The average Bonchev–Trinajstić information content (AvgIpc) is 2.72. The standard InChI is InChI=1S/C24H31N3O2/c1-24(2,3)19-11-13-20(14-12-19)27-23(29)18-9-7-17(8-10-18)22(28)26-16-21-6-4-5-15-25-21/h4-6,11-15,17-18H,7-10,16H2,1-3H3,(H,26,28)(H,27,29). The Morgan fingerprint density at radius 3 is 2.10 bits per heavy atom. The molecule has 0 spiro atoms. The summed E-state index contributed by atoms with van der Waals surface area (Å²) >= 11 is 0. The quantitative estimate of drug-likeness (QED) is 0.789. The van der Waals surface area contributed by atoms with E-state index in [0.29, 0.717) is 6.54 Å². The third-order valence-corrected chi connectivity index (χ3v) is 5.66. The van der Waals surface area contributed by atoms with Crippen LogP contribution in [0.3, 0.4) is 0 Å². The molecule has 5 heteroatoms. The van der Waals surface area contributed by atoms with E-state index < -0.39 is 0 Å². The Balaban J connectivity index is 1.45. The number of amides is 2. The molecule has 5 nitrogen and oxygen atoms in total. The van der Waals surface area contributed by atoms with Gasteiger partial charge >= 0.3 is 0 Å². The van der Waals surface area contributed by atoms with Gasteiger partial charge in [0.05, 0.1) is 12.2 Å². The van der Waals surface area contributed by atoms with E-state index in [1.54, 1.807) is 6.20 Å². The van der Waals surface area contributed by atoms with Crippen LogP contribution in [0.15, 0.2) is 48.7 Å². The van der Waals surface area contributed by atoms with Gasteiger partial charge in [-0.2, -0.15) is 0 Å². The van der Waals surface area contributed by atoms with Gasteiger partial charge in [-0.05, 0) is 60.9 Å². The predicted octanol–water partition coefficient (Wildman–Crippen LogP) is 4.44. The Labute approximate surface area is 173 Å².